The molecule has 0 aliphatic rings. The van der Waals surface area contributed by atoms with Crippen molar-refractivity contribution < 1.29 is 23.2 Å². The molecule has 0 amide bonds. The second-order valence-corrected chi connectivity index (χ2v) is 4.15. The summed E-state index contributed by atoms with van der Waals surface area (Å²) in [6.45, 7) is 0. The summed E-state index contributed by atoms with van der Waals surface area (Å²) in [5.74, 6) is -2.20. The van der Waals surface area contributed by atoms with Gasteiger partial charge >= 0.3 is 16.7 Å². The summed E-state index contributed by atoms with van der Waals surface area (Å²) in [6, 6.07) is 2.55. The predicted molar refractivity (Wildman–Crippen MR) is 57.3 cm³/mol. The highest BCUT2D eigenvalue weighted by Gasteiger charge is 2.35. The topological polar surface area (TPSA) is 89.1 Å². The molecule has 0 saturated heterocycles. The van der Waals surface area contributed by atoms with E-state index in [4.69, 9.17) is 5.11 Å². The highest BCUT2D eigenvalue weighted by Crippen LogP contribution is 2.33. The maximum absolute atomic E-state index is 12.8. The fourth-order valence-corrected chi connectivity index (χ4v) is 1.26. The van der Waals surface area contributed by atoms with Gasteiger partial charge in [0.15, 0.2) is 0 Å². The highest BCUT2D eigenvalue weighted by molar-refractivity contribution is 9.09. The predicted octanol–water partition coefficient (Wildman–Crippen LogP) is 2.27. The van der Waals surface area contributed by atoms with Crippen LogP contribution in [0.5, 0.6) is 0 Å². The maximum atomic E-state index is 12.8. The van der Waals surface area contributed by atoms with E-state index in [9.17, 15) is 13.6 Å². The molecule has 0 aromatic carbocycles. The van der Waals surface area contributed by atoms with Crippen LogP contribution < -0.4 is 0 Å². The van der Waals surface area contributed by atoms with Gasteiger partial charge in [0.2, 0.25) is 5.82 Å². The van der Waals surface area contributed by atoms with Gasteiger partial charge in [0.05, 0.1) is 5.56 Å². The van der Waals surface area contributed by atoms with Gasteiger partial charge < -0.3 is 9.63 Å². The first kappa shape index (κ1) is 12.6. The monoisotopic (exact) mass is 319 g/mol. The number of nitrogens with zero attached hydrogens (tertiary/aromatic N) is 3. The molecule has 2 aromatic rings. The lowest BCUT2D eigenvalue weighted by Crippen LogP contribution is -2.02. The molecule has 6 nitrogen and oxygen atoms in total. The van der Waals surface area contributed by atoms with Crippen LogP contribution in [0.2, 0.25) is 0 Å². The van der Waals surface area contributed by atoms with Crippen LogP contribution >= 0.6 is 15.9 Å². The minimum Gasteiger partial charge on any atom is -0.478 e. The lowest BCUT2D eigenvalue weighted by atomic mass is 10.2. The lowest BCUT2D eigenvalue weighted by Gasteiger charge is -1.98. The normalized spacial score (nSPS) is 11.5. The molecule has 0 spiro atoms. The number of hydrogen-bond donors (Lipinski definition) is 1. The zero-order valence-corrected chi connectivity index (χ0v) is 10.1. The number of carboxylic acid groups (broad SMARTS) is 1. The van der Waals surface area contributed by atoms with Crippen LogP contribution in [0, 0.1) is 0 Å². The molecule has 2 heterocycles. The number of carbonyl (C=O) groups is 1. The van der Waals surface area contributed by atoms with E-state index in [0.717, 1.165) is 6.20 Å². The third-order valence-electron chi connectivity index (χ3n) is 1.91. The Kier molecular flexibility index (Phi) is 3.07. The van der Waals surface area contributed by atoms with Crippen molar-refractivity contribution >= 4 is 21.9 Å². The summed E-state index contributed by atoms with van der Waals surface area (Å²) in [5.41, 5.74) is 0.0973. The van der Waals surface area contributed by atoms with Gasteiger partial charge in [0, 0.05) is 22.1 Å². The van der Waals surface area contributed by atoms with E-state index in [1.54, 1.807) is 0 Å². The SMILES string of the molecule is O=C(O)c1ccc(-c2noc(C(F)(F)Br)n2)nc1. The molecule has 2 aromatic heterocycles. The lowest BCUT2D eigenvalue weighted by molar-refractivity contribution is 0.0695. The summed E-state index contributed by atoms with van der Waals surface area (Å²) in [4.78, 5) is 14.4. The number of aromatic carboxylic acids is 1. The fourth-order valence-electron chi connectivity index (χ4n) is 1.10. The van der Waals surface area contributed by atoms with Crippen molar-refractivity contribution in [3.8, 4) is 11.5 Å². The summed E-state index contributed by atoms with van der Waals surface area (Å²) in [5, 5.41) is 12.0. The number of alkyl halides is 3. The average Bonchev–Trinajstić information content (AvgIpc) is 2.78. The van der Waals surface area contributed by atoms with Gasteiger partial charge in [-0.15, -0.1) is 0 Å². The summed E-state index contributed by atoms with van der Waals surface area (Å²) in [6.07, 6.45) is 1.07. The standard InChI is InChI=1S/C9H4BrF2N3O3/c10-9(11,12)8-14-6(15-18-8)5-2-1-4(3-13-5)7(16)17/h1-3H,(H,16,17). The Balaban J connectivity index is 2.32. The molecule has 1 N–H and O–H groups in total. The molecule has 0 radical (unpaired) electrons. The fraction of sp³-hybridized carbons (Fsp3) is 0.111. The van der Waals surface area contributed by atoms with Crippen molar-refractivity contribution in [1.82, 2.24) is 15.1 Å². The number of hydrogen-bond acceptors (Lipinski definition) is 5. The third kappa shape index (κ3) is 2.50. The van der Waals surface area contributed by atoms with Gasteiger partial charge in [-0.1, -0.05) is 5.16 Å². The van der Waals surface area contributed by atoms with Crippen molar-refractivity contribution in [3.05, 3.63) is 29.8 Å². The van der Waals surface area contributed by atoms with Gasteiger partial charge in [-0.05, 0) is 12.1 Å². The minimum absolute atomic E-state index is 0.0340. The minimum atomic E-state index is -3.42. The molecule has 0 atom stereocenters. The van der Waals surface area contributed by atoms with E-state index in [2.05, 4.69) is 35.6 Å². The Morgan fingerprint density at radius 2 is 2.17 bits per heavy atom. The van der Waals surface area contributed by atoms with Gasteiger partial charge in [0.1, 0.15) is 5.69 Å². The van der Waals surface area contributed by atoms with Crippen LogP contribution in [0.25, 0.3) is 11.5 Å². The van der Waals surface area contributed by atoms with Gasteiger partial charge in [0.25, 0.3) is 0 Å². The summed E-state index contributed by atoms with van der Waals surface area (Å²) >= 11 is 2.08. The molecule has 9 heteroatoms. The number of rotatable bonds is 3. The summed E-state index contributed by atoms with van der Waals surface area (Å²) in [7, 11) is 0. The smallest absolute Gasteiger partial charge is 0.378 e. The quantitative estimate of drug-likeness (QED) is 0.873. The molecular formula is C9H4BrF2N3O3. The Morgan fingerprint density at radius 3 is 2.61 bits per heavy atom. The first-order valence-electron chi connectivity index (χ1n) is 4.48. The molecule has 0 aliphatic heterocycles. The summed E-state index contributed by atoms with van der Waals surface area (Å²) < 4.78 is 29.9. The van der Waals surface area contributed by atoms with Crippen molar-refractivity contribution in [3.63, 3.8) is 0 Å². The maximum Gasteiger partial charge on any atom is 0.378 e. The van der Waals surface area contributed by atoms with Gasteiger partial charge in [-0.25, -0.2) is 4.79 Å². The number of halogens is 3. The first-order chi connectivity index (χ1) is 8.38. The molecular weight excluding hydrogens is 316 g/mol. The van der Waals surface area contributed by atoms with E-state index < -0.39 is 16.7 Å². The second-order valence-electron chi connectivity index (χ2n) is 3.16. The molecule has 0 aliphatic carbocycles. The van der Waals surface area contributed by atoms with E-state index in [1.165, 1.54) is 12.1 Å². The molecule has 94 valence electrons. The Labute approximate surface area is 107 Å². The first-order valence-corrected chi connectivity index (χ1v) is 5.28. The van der Waals surface area contributed by atoms with Crippen LogP contribution in [-0.4, -0.2) is 26.2 Å². The van der Waals surface area contributed by atoms with Crippen molar-refractivity contribution in [2.75, 3.05) is 0 Å². The zero-order chi connectivity index (χ0) is 13.3. The van der Waals surface area contributed by atoms with E-state index in [1.807, 2.05) is 0 Å². The van der Waals surface area contributed by atoms with Crippen LogP contribution in [0.4, 0.5) is 8.78 Å². The third-order valence-corrected chi connectivity index (χ3v) is 2.25. The molecule has 2 rings (SSSR count). The van der Waals surface area contributed by atoms with Gasteiger partial charge in [-0.3, -0.25) is 4.98 Å². The van der Waals surface area contributed by atoms with E-state index in [0.29, 0.717) is 0 Å². The second kappa shape index (κ2) is 4.41. The number of carboxylic acids is 1. The van der Waals surface area contributed by atoms with Crippen LogP contribution in [0.3, 0.4) is 0 Å². The average molecular weight is 320 g/mol. The largest absolute Gasteiger partial charge is 0.478 e. The van der Waals surface area contributed by atoms with Gasteiger partial charge in [-0.2, -0.15) is 13.8 Å². The van der Waals surface area contributed by atoms with Crippen LogP contribution in [0.1, 0.15) is 16.2 Å². The van der Waals surface area contributed by atoms with E-state index in [-0.39, 0.29) is 17.1 Å². The molecule has 0 bridgehead atoms. The Hall–Kier alpha value is -1.90. The van der Waals surface area contributed by atoms with Crippen molar-refractivity contribution in [2.24, 2.45) is 0 Å². The Morgan fingerprint density at radius 1 is 1.44 bits per heavy atom. The van der Waals surface area contributed by atoms with Crippen molar-refractivity contribution in [2.45, 2.75) is 4.83 Å². The van der Waals surface area contributed by atoms with Crippen LogP contribution in [-0.2, 0) is 4.83 Å². The molecule has 0 unspecified atom stereocenters. The molecule has 18 heavy (non-hydrogen) atoms. The molecule has 0 saturated carbocycles. The number of pyridine rings is 1. The Bertz CT molecular complexity index is 579. The number of aromatic nitrogens is 3. The zero-order valence-electron chi connectivity index (χ0n) is 8.47. The van der Waals surface area contributed by atoms with Crippen molar-refractivity contribution in [1.29, 1.82) is 0 Å². The van der Waals surface area contributed by atoms with E-state index >= 15 is 0 Å². The molecule has 0 fully saturated rings. The highest BCUT2D eigenvalue weighted by atomic mass is 79.9. The van der Waals surface area contributed by atoms with Crippen LogP contribution in [0.15, 0.2) is 22.9 Å².